The summed E-state index contributed by atoms with van der Waals surface area (Å²) in [6, 6.07) is 7.45. The first-order valence-electron chi connectivity index (χ1n) is 13.9. The van der Waals surface area contributed by atoms with Crippen LogP contribution in [0.5, 0.6) is 0 Å². The Balaban J connectivity index is 1.24. The quantitative estimate of drug-likeness (QED) is 0.358. The van der Waals surface area contributed by atoms with Gasteiger partial charge in [0.05, 0.1) is 0 Å². The number of benzene rings is 1. The highest BCUT2D eigenvalue weighted by atomic mass is 14.4. The molecule has 0 heterocycles. The second kappa shape index (κ2) is 11.2. The summed E-state index contributed by atoms with van der Waals surface area (Å²) in [5.74, 6) is 5.24. The molecule has 0 N–H and O–H groups in total. The van der Waals surface area contributed by atoms with Crippen LogP contribution in [0, 0.1) is 29.6 Å². The molecular weight excluding hydrogens is 360 g/mol. The van der Waals surface area contributed by atoms with Crippen molar-refractivity contribution in [2.45, 2.75) is 123 Å². The number of aryl methyl sites for hydroxylation is 2. The summed E-state index contributed by atoms with van der Waals surface area (Å²) >= 11 is 0. The summed E-state index contributed by atoms with van der Waals surface area (Å²) in [4.78, 5) is 0. The van der Waals surface area contributed by atoms with Crippen molar-refractivity contribution in [2.24, 2.45) is 29.6 Å². The Morgan fingerprint density at radius 2 is 1.47 bits per heavy atom. The topological polar surface area (TPSA) is 0 Å². The molecule has 0 aliphatic heterocycles. The van der Waals surface area contributed by atoms with Crippen molar-refractivity contribution in [1.29, 1.82) is 0 Å². The van der Waals surface area contributed by atoms with Gasteiger partial charge in [-0.2, -0.15) is 0 Å². The molecule has 0 aromatic heterocycles. The predicted octanol–water partition coefficient (Wildman–Crippen LogP) is 8.94. The SMILES string of the molecule is CCCCCCC[C@@H]1CC[C@@H]2CC(C3CCc4cc(CCC)ccc4C3)CCC2C1. The summed E-state index contributed by atoms with van der Waals surface area (Å²) < 4.78 is 0. The van der Waals surface area contributed by atoms with Crippen LogP contribution in [0.25, 0.3) is 0 Å². The van der Waals surface area contributed by atoms with Gasteiger partial charge in [-0.1, -0.05) is 83.4 Å². The smallest absolute Gasteiger partial charge is 0.0245 e. The fourth-order valence-electron chi connectivity index (χ4n) is 7.43. The first-order valence-corrected chi connectivity index (χ1v) is 13.9. The Hall–Kier alpha value is -0.780. The summed E-state index contributed by atoms with van der Waals surface area (Å²) in [7, 11) is 0. The van der Waals surface area contributed by atoms with Crippen LogP contribution >= 0.6 is 0 Å². The Morgan fingerprint density at radius 3 is 2.30 bits per heavy atom. The van der Waals surface area contributed by atoms with E-state index in [2.05, 4.69) is 32.0 Å². The number of unbranched alkanes of at least 4 members (excludes halogenated alkanes) is 4. The van der Waals surface area contributed by atoms with E-state index >= 15 is 0 Å². The molecule has 5 atom stereocenters. The van der Waals surface area contributed by atoms with Gasteiger partial charge in [-0.25, -0.2) is 0 Å². The fraction of sp³-hybridized carbons (Fsp3) is 0.800. The van der Waals surface area contributed by atoms with Crippen molar-refractivity contribution in [1.82, 2.24) is 0 Å². The first-order chi connectivity index (χ1) is 14.8. The van der Waals surface area contributed by atoms with Crippen molar-refractivity contribution in [3.05, 3.63) is 34.9 Å². The van der Waals surface area contributed by atoms with Gasteiger partial charge in [0, 0.05) is 0 Å². The molecule has 2 fully saturated rings. The molecule has 0 bridgehead atoms. The summed E-state index contributed by atoms with van der Waals surface area (Å²) in [6.45, 7) is 4.62. The van der Waals surface area contributed by atoms with E-state index in [4.69, 9.17) is 0 Å². The lowest BCUT2D eigenvalue weighted by molar-refractivity contribution is 0.0690. The predicted molar refractivity (Wildman–Crippen MR) is 131 cm³/mol. The van der Waals surface area contributed by atoms with Gasteiger partial charge in [0.1, 0.15) is 0 Å². The highest BCUT2D eigenvalue weighted by Crippen LogP contribution is 2.49. The second-order valence-corrected chi connectivity index (χ2v) is 11.3. The maximum atomic E-state index is 2.54. The average molecular weight is 409 g/mol. The Kier molecular flexibility index (Phi) is 8.36. The third kappa shape index (κ3) is 5.72. The van der Waals surface area contributed by atoms with Crippen LogP contribution in [-0.4, -0.2) is 0 Å². The molecule has 2 saturated carbocycles. The van der Waals surface area contributed by atoms with Gasteiger partial charge in [-0.15, -0.1) is 0 Å². The molecule has 30 heavy (non-hydrogen) atoms. The molecule has 1 aromatic rings. The molecule has 0 radical (unpaired) electrons. The van der Waals surface area contributed by atoms with Crippen molar-refractivity contribution in [3.8, 4) is 0 Å². The molecule has 168 valence electrons. The normalized spacial score (nSPS) is 31.2. The zero-order chi connectivity index (χ0) is 20.8. The lowest BCUT2D eigenvalue weighted by Gasteiger charge is -2.45. The molecule has 0 amide bonds. The van der Waals surface area contributed by atoms with E-state index < -0.39 is 0 Å². The monoisotopic (exact) mass is 408 g/mol. The number of fused-ring (bicyclic) bond motifs is 2. The van der Waals surface area contributed by atoms with Crippen molar-refractivity contribution in [3.63, 3.8) is 0 Å². The van der Waals surface area contributed by atoms with Gasteiger partial charge < -0.3 is 0 Å². The highest BCUT2D eigenvalue weighted by molar-refractivity contribution is 5.34. The number of hydrogen-bond acceptors (Lipinski definition) is 0. The lowest BCUT2D eigenvalue weighted by Crippen LogP contribution is -2.35. The molecule has 0 saturated heterocycles. The third-order valence-electron chi connectivity index (χ3n) is 9.22. The van der Waals surface area contributed by atoms with Gasteiger partial charge >= 0.3 is 0 Å². The first kappa shape index (κ1) is 22.4. The third-order valence-corrected chi connectivity index (χ3v) is 9.22. The summed E-state index contributed by atoms with van der Waals surface area (Å²) in [5.41, 5.74) is 4.95. The molecule has 0 spiro atoms. The van der Waals surface area contributed by atoms with E-state index in [0.717, 1.165) is 29.6 Å². The maximum absolute atomic E-state index is 2.54. The number of hydrogen-bond donors (Lipinski definition) is 0. The number of rotatable bonds is 9. The van der Waals surface area contributed by atoms with E-state index in [0.29, 0.717) is 0 Å². The van der Waals surface area contributed by atoms with Gasteiger partial charge in [-0.05, 0) is 104 Å². The zero-order valence-electron chi connectivity index (χ0n) is 20.1. The fourth-order valence-corrected chi connectivity index (χ4v) is 7.43. The molecule has 3 aliphatic rings. The molecule has 4 rings (SSSR count). The minimum absolute atomic E-state index is 0.978. The summed E-state index contributed by atoms with van der Waals surface area (Å²) in [6.07, 6.45) is 24.9. The minimum Gasteiger partial charge on any atom is -0.0654 e. The second-order valence-electron chi connectivity index (χ2n) is 11.3. The van der Waals surface area contributed by atoms with Gasteiger partial charge in [0.15, 0.2) is 0 Å². The van der Waals surface area contributed by atoms with Crippen LogP contribution in [0.3, 0.4) is 0 Å². The Labute approximate surface area is 187 Å². The lowest BCUT2D eigenvalue weighted by atomic mass is 9.61. The van der Waals surface area contributed by atoms with Gasteiger partial charge in [0.2, 0.25) is 0 Å². The van der Waals surface area contributed by atoms with Crippen LogP contribution in [0.1, 0.15) is 120 Å². The van der Waals surface area contributed by atoms with Crippen LogP contribution < -0.4 is 0 Å². The van der Waals surface area contributed by atoms with Gasteiger partial charge in [0.25, 0.3) is 0 Å². The van der Waals surface area contributed by atoms with E-state index in [1.807, 2.05) is 0 Å². The summed E-state index contributed by atoms with van der Waals surface area (Å²) in [5, 5.41) is 0. The Morgan fingerprint density at radius 1 is 0.700 bits per heavy atom. The van der Waals surface area contributed by atoms with Crippen molar-refractivity contribution in [2.75, 3.05) is 0 Å². The van der Waals surface area contributed by atoms with E-state index in [9.17, 15) is 0 Å². The van der Waals surface area contributed by atoms with Crippen molar-refractivity contribution < 1.29 is 0 Å². The molecule has 1 aromatic carbocycles. The molecule has 0 nitrogen and oxygen atoms in total. The highest BCUT2D eigenvalue weighted by Gasteiger charge is 2.38. The van der Waals surface area contributed by atoms with Crippen LogP contribution in [0.15, 0.2) is 18.2 Å². The van der Waals surface area contributed by atoms with E-state index in [1.165, 1.54) is 77.0 Å². The average Bonchev–Trinajstić information content (AvgIpc) is 2.78. The molecule has 0 heteroatoms. The maximum Gasteiger partial charge on any atom is -0.0245 e. The molecule has 3 aliphatic carbocycles. The van der Waals surface area contributed by atoms with Crippen LogP contribution in [0.2, 0.25) is 0 Å². The Bertz CT molecular complexity index is 643. The minimum atomic E-state index is 0.978. The standard InChI is InChI=1S/C30H48/c1-3-5-6-7-8-10-24-12-14-28-22-30(18-16-26(28)20-24)29-17-15-25-19-23(9-4-2)11-13-27(25)21-29/h11,13,19,24,26,28-30H,3-10,12,14-18,20-22H2,1-2H3/t24-,26?,28-,29?,30?/m1/s1. The zero-order valence-corrected chi connectivity index (χ0v) is 20.1. The van der Waals surface area contributed by atoms with Crippen LogP contribution in [-0.2, 0) is 19.3 Å². The largest absolute Gasteiger partial charge is 0.0654 e. The molecule has 3 unspecified atom stereocenters. The molecular formula is C30H48. The van der Waals surface area contributed by atoms with E-state index in [-0.39, 0.29) is 0 Å². The van der Waals surface area contributed by atoms with Crippen molar-refractivity contribution >= 4 is 0 Å². The van der Waals surface area contributed by atoms with E-state index in [1.54, 1.807) is 48.8 Å². The van der Waals surface area contributed by atoms with Gasteiger partial charge in [-0.3, -0.25) is 0 Å². The van der Waals surface area contributed by atoms with Crippen LogP contribution in [0.4, 0.5) is 0 Å².